The quantitative estimate of drug-likeness (QED) is 0.527. The standard InChI is InChI=1S/C11H16O7/c1-5-9(16-6(2)12)10(17-7(3)13)11(15-5)18-8(4)14/h5,9-11H,1-4H3/t5-,9+,10+,11?/m0/s1. The van der Waals surface area contributed by atoms with Crippen LogP contribution in [0.2, 0.25) is 0 Å². The third-order valence-electron chi connectivity index (χ3n) is 2.29. The van der Waals surface area contributed by atoms with Gasteiger partial charge in [0.1, 0.15) is 0 Å². The molecule has 7 heteroatoms. The van der Waals surface area contributed by atoms with Crippen LogP contribution in [-0.4, -0.2) is 42.5 Å². The van der Waals surface area contributed by atoms with Crippen LogP contribution in [0.3, 0.4) is 0 Å². The zero-order valence-electron chi connectivity index (χ0n) is 10.7. The third kappa shape index (κ3) is 3.69. The summed E-state index contributed by atoms with van der Waals surface area (Å²) in [6.45, 7) is 5.28. The Morgan fingerprint density at radius 1 is 0.833 bits per heavy atom. The zero-order valence-corrected chi connectivity index (χ0v) is 10.7. The molecule has 0 amide bonds. The highest BCUT2D eigenvalue weighted by atomic mass is 16.7. The summed E-state index contributed by atoms with van der Waals surface area (Å²) in [5, 5.41) is 0. The number of hydrogen-bond acceptors (Lipinski definition) is 7. The van der Waals surface area contributed by atoms with Crippen LogP contribution in [0, 0.1) is 0 Å². The molecule has 7 nitrogen and oxygen atoms in total. The number of rotatable bonds is 3. The second kappa shape index (κ2) is 5.81. The van der Waals surface area contributed by atoms with Gasteiger partial charge in [0.05, 0.1) is 6.10 Å². The minimum atomic E-state index is -1.06. The highest BCUT2D eigenvalue weighted by molar-refractivity contribution is 5.68. The van der Waals surface area contributed by atoms with Crippen LogP contribution >= 0.6 is 0 Å². The van der Waals surface area contributed by atoms with E-state index in [0.717, 1.165) is 0 Å². The molecule has 1 aliphatic rings. The van der Waals surface area contributed by atoms with Gasteiger partial charge in [-0.1, -0.05) is 0 Å². The molecule has 1 unspecified atom stereocenters. The molecule has 0 aromatic heterocycles. The van der Waals surface area contributed by atoms with Gasteiger partial charge in [0.25, 0.3) is 0 Å². The van der Waals surface area contributed by atoms with Gasteiger partial charge >= 0.3 is 17.9 Å². The van der Waals surface area contributed by atoms with Crippen molar-refractivity contribution >= 4 is 17.9 Å². The van der Waals surface area contributed by atoms with Gasteiger partial charge in [-0.3, -0.25) is 14.4 Å². The maximum atomic E-state index is 11.0. The average Bonchev–Trinajstić information content (AvgIpc) is 2.43. The number of carbonyl (C=O) groups is 3. The van der Waals surface area contributed by atoms with Gasteiger partial charge in [0, 0.05) is 20.8 Å². The highest BCUT2D eigenvalue weighted by Crippen LogP contribution is 2.27. The van der Waals surface area contributed by atoms with Crippen molar-refractivity contribution in [2.75, 3.05) is 0 Å². The molecule has 0 saturated carbocycles. The van der Waals surface area contributed by atoms with Gasteiger partial charge in [-0.25, -0.2) is 0 Å². The van der Waals surface area contributed by atoms with E-state index >= 15 is 0 Å². The number of carbonyl (C=O) groups excluding carboxylic acids is 3. The van der Waals surface area contributed by atoms with Crippen molar-refractivity contribution in [3.63, 3.8) is 0 Å². The molecule has 18 heavy (non-hydrogen) atoms. The molecular formula is C11H16O7. The Labute approximate surface area is 104 Å². The topological polar surface area (TPSA) is 88.1 Å². The van der Waals surface area contributed by atoms with Crippen LogP contribution in [0.25, 0.3) is 0 Å². The Bertz CT molecular complexity index is 351. The van der Waals surface area contributed by atoms with E-state index < -0.39 is 42.5 Å². The SMILES string of the molecule is CC(=O)OC1O[C@@H](C)[C@@H](OC(C)=O)[C@H]1OC(C)=O. The second-order valence-electron chi connectivity index (χ2n) is 3.97. The minimum Gasteiger partial charge on any atom is -0.456 e. The molecular weight excluding hydrogens is 244 g/mol. The smallest absolute Gasteiger partial charge is 0.305 e. The summed E-state index contributed by atoms with van der Waals surface area (Å²) in [6, 6.07) is 0. The van der Waals surface area contributed by atoms with Crippen LogP contribution in [0.5, 0.6) is 0 Å². The lowest BCUT2D eigenvalue weighted by Gasteiger charge is -2.22. The molecule has 1 aliphatic heterocycles. The maximum Gasteiger partial charge on any atom is 0.305 e. The molecule has 1 saturated heterocycles. The van der Waals surface area contributed by atoms with E-state index in [0.29, 0.717) is 0 Å². The van der Waals surface area contributed by atoms with Crippen molar-refractivity contribution in [3.8, 4) is 0 Å². The molecule has 0 bridgehead atoms. The fourth-order valence-corrected chi connectivity index (χ4v) is 1.72. The predicted molar refractivity (Wildman–Crippen MR) is 57.2 cm³/mol. The van der Waals surface area contributed by atoms with Gasteiger partial charge in [0.15, 0.2) is 6.10 Å². The van der Waals surface area contributed by atoms with E-state index in [1.165, 1.54) is 20.8 Å². The van der Waals surface area contributed by atoms with Crippen molar-refractivity contribution in [3.05, 3.63) is 0 Å². The number of ether oxygens (including phenoxy) is 4. The first-order valence-corrected chi connectivity index (χ1v) is 5.48. The third-order valence-corrected chi connectivity index (χ3v) is 2.29. The van der Waals surface area contributed by atoms with Gasteiger partial charge in [-0.2, -0.15) is 0 Å². The summed E-state index contributed by atoms with van der Waals surface area (Å²) in [5.41, 5.74) is 0. The minimum absolute atomic E-state index is 0.531. The van der Waals surface area contributed by atoms with Crippen LogP contribution in [0.1, 0.15) is 27.7 Å². The van der Waals surface area contributed by atoms with E-state index in [1.54, 1.807) is 6.92 Å². The lowest BCUT2D eigenvalue weighted by Crippen LogP contribution is -2.40. The van der Waals surface area contributed by atoms with E-state index in [9.17, 15) is 14.4 Å². The van der Waals surface area contributed by atoms with E-state index in [1.807, 2.05) is 0 Å². The molecule has 1 fully saturated rings. The van der Waals surface area contributed by atoms with Gasteiger partial charge in [-0.05, 0) is 6.92 Å². The molecule has 0 N–H and O–H groups in total. The van der Waals surface area contributed by atoms with E-state index in [4.69, 9.17) is 18.9 Å². The van der Waals surface area contributed by atoms with Crippen LogP contribution in [0.15, 0.2) is 0 Å². The average molecular weight is 260 g/mol. The van der Waals surface area contributed by atoms with Crippen LogP contribution < -0.4 is 0 Å². The number of esters is 3. The molecule has 4 atom stereocenters. The fraction of sp³-hybridized carbons (Fsp3) is 0.727. The van der Waals surface area contributed by atoms with Gasteiger partial charge in [-0.15, -0.1) is 0 Å². The summed E-state index contributed by atoms with van der Waals surface area (Å²) in [4.78, 5) is 32.9. The van der Waals surface area contributed by atoms with Crippen molar-refractivity contribution in [2.45, 2.75) is 52.3 Å². The summed E-state index contributed by atoms with van der Waals surface area (Å²) >= 11 is 0. The molecule has 0 aromatic rings. The lowest BCUT2D eigenvalue weighted by molar-refractivity contribution is -0.194. The largest absolute Gasteiger partial charge is 0.456 e. The first-order valence-electron chi connectivity index (χ1n) is 5.48. The molecule has 0 aliphatic carbocycles. The fourth-order valence-electron chi connectivity index (χ4n) is 1.72. The molecule has 0 radical (unpaired) electrons. The zero-order chi connectivity index (χ0) is 13.9. The van der Waals surface area contributed by atoms with E-state index in [-0.39, 0.29) is 0 Å². The summed E-state index contributed by atoms with van der Waals surface area (Å²) in [7, 11) is 0. The summed E-state index contributed by atoms with van der Waals surface area (Å²) < 4.78 is 20.2. The normalized spacial score (nSPS) is 30.7. The molecule has 1 rings (SSSR count). The highest BCUT2D eigenvalue weighted by Gasteiger charge is 2.49. The van der Waals surface area contributed by atoms with Crippen LogP contribution in [0.4, 0.5) is 0 Å². The van der Waals surface area contributed by atoms with Gasteiger partial charge < -0.3 is 18.9 Å². The Morgan fingerprint density at radius 2 is 1.28 bits per heavy atom. The molecule has 1 heterocycles. The first kappa shape index (κ1) is 14.4. The van der Waals surface area contributed by atoms with Crippen LogP contribution in [-0.2, 0) is 33.3 Å². The lowest BCUT2D eigenvalue weighted by atomic mass is 10.1. The Morgan fingerprint density at radius 3 is 1.72 bits per heavy atom. The predicted octanol–water partition coefficient (Wildman–Crippen LogP) is 0.158. The maximum absolute atomic E-state index is 11.0. The monoisotopic (exact) mass is 260 g/mol. The van der Waals surface area contributed by atoms with Crippen molar-refractivity contribution in [1.82, 2.24) is 0 Å². The second-order valence-corrected chi connectivity index (χ2v) is 3.97. The Balaban J connectivity index is 2.83. The first-order chi connectivity index (χ1) is 8.31. The number of hydrogen-bond donors (Lipinski definition) is 0. The van der Waals surface area contributed by atoms with E-state index in [2.05, 4.69) is 0 Å². The Hall–Kier alpha value is -1.63. The molecule has 102 valence electrons. The Kier molecular flexibility index (Phi) is 4.66. The molecule has 0 spiro atoms. The molecule has 0 aromatic carbocycles. The van der Waals surface area contributed by atoms with Crippen molar-refractivity contribution < 1.29 is 33.3 Å². The van der Waals surface area contributed by atoms with Crippen molar-refractivity contribution in [1.29, 1.82) is 0 Å². The van der Waals surface area contributed by atoms with Gasteiger partial charge in [0.2, 0.25) is 12.4 Å². The summed E-state index contributed by atoms with van der Waals surface area (Å²) in [5.74, 6) is -1.68. The van der Waals surface area contributed by atoms with Crippen molar-refractivity contribution in [2.24, 2.45) is 0 Å². The summed E-state index contributed by atoms with van der Waals surface area (Å²) in [6.07, 6.45) is -3.35.